The summed E-state index contributed by atoms with van der Waals surface area (Å²) in [4.78, 5) is 32.4. The second-order valence-corrected chi connectivity index (χ2v) is 5.15. The molecule has 0 aliphatic carbocycles. The molecule has 0 amide bonds. The second kappa shape index (κ2) is 12.9. The maximum absolute atomic E-state index is 10.9. The van der Waals surface area contributed by atoms with Crippen molar-refractivity contribution in [1.29, 1.82) is 0 Å². The van der Waals surface area contributed by atoms with Gasteiger partial charge in [-0.3, -0.25) is 9.59 Å². The number of ether oxygens (including phenoxy) is 2. The Morgan fingerprint density at radius 3 is 1.82 bits per heavy atom. The molecule has 0 spiro atoms. The van der Waals surface area contributed by atoms with Crippen LogP contribution in [0.15, 0.2) is 11.8 Å². The van der Waals surface area contributed by atoms with Gasteiger partial charge in [-0.15, -0.1) is 0 Å². The van der Waals surface area contributed by atoms with Crippen molar-refractivity contribution < 1.29 is 23.9 Å². The van der Waals surface area contributed by atoms with Gasteiger partial charge in [0.25, 0.3) is 0 Å². The Morgan fingerprint density at radius 1 is 0.955 bits per heavy atom. The van der Waals surface area contributed by atoms with Crippen molar-refractivity contribution in [3.8, 4) is 0 Å². The summed E-state index contributed by atoms with van der Waals surface area (Å²) in [5, 5.41) is 0. The lowest BCUT2D eigenvalue weighted by molar-refractivity contribution is -0.146. The van der Waals surface area contributed by atoms with E-state index in [1.165, 1.54) is 6.08 Å². The van der Waals surface area contributed by atoms with Gasteiger partial charge in [-0.05, 0) is 19.8 Å². The molecule has 0 atom stereocenters. The first-order valence-corrected chi connectivity index (χ1v) is 7.47. The van der Waals surface area contributed by atoms with Gasteiger partial charge in [0.1, 0.15) is 12.2 Å². The Bertz CT molecular complexity index is 386. The van der Waals surface area contributed by atoms with E-state index in [1.807, 2.05) is 13.8 Å². The Morgan fingerprint density at radius 2 is 1.45 bits per heavy atom. The van der Waals surface area contributed by atoms with Crippen molar-refractivity contribution in [2.24, 2.45) is 17.6 Å². The molecule has 0 aliphatic heterocycles. The van der Waals surface area contributed by atoms with Gasteiger partial charge in [0, 0.05) is 17.7 Å². The average molecular weight is 315 g/mol. The van der Waals surface area contributed by atoms with Crippen molar-refractivity contribution in [3.63, 3.8) is 0 Å². The molecule has 0 bridgehead atoms. The zero-order valence-electron chi connectivity index (χ0n) is 14.5. The first kappa shape index (κ1) is 22.4. The first-order chi connectivity index (χ1) is 10.1. The highest BCUT2D eigenvalue weighted by Crippen LogP contribution is 2.01. The highest BCUT2D eigenvalue weighted by molar-refractivity contribution is 5.96. The van der Waals surface area contributed by atoms with E-state index < -0.39 is 5.97 Å². The third-order valence-electron chi connectivity index (χ3n) is 2.51. The third kappa shape index (κ3) is 13.1. The topological polar surface area (TPSA) is 95.7 Å². The zero-order chi connectivity index (χ0) is 17.7. The van der Waals surface area contributed by atoms with Crippen LogP contribution in [-0.2, 0) is 23.9 Å². The van der Waals surface area contributed by atoms with Crippen LogP contribution in [-0.4, -0.2) is 30.9 Å². The van der Waals surface area contributed by atoms with E-state index >= 15 is 0 Å². The standard InChI is InChI=1S/C8H15NO2.C8H14O3/c2*1-4-11-8(10)5-7(9)6(2)3/h5-6H,4,9H2,1-3H3;6H,4-5H2,1-3H3. The van der Waals surface area contributed by atoms with Gasteiger partial charge in [0.15, 0.2) is 0 Å². The number of hydrogen-bond donors (Lipinski definition) is 1. The average Bonchev–Trinajstić information content (AvgIpc) is 2.39. The summed E-state index contributed by atoms with van der Waals surface area (Å²) in [5.41, 5.74) is 6.07. The monoisotopic (exact) mass is 315 g/mol. The van der Waals surface area contributed by atoms with E-state index in [2.05, 4.69) is 9.47 Å². The Kier molecular flexibility index (Phi) is 13.1. The van der Waals surface area contributed by atoms with Crippen molar-refractivity contribution in [3.05, 3.63) is 11.8 Å². The van der Waals surface area contributed by atoms with Gasteiger partial charge >= 0.3 is 11.9 Å². The molecule has 6 nitrogen and oxygen atoms in total. The molecule has 0 saturated carbocycles. The number of Topliss-reactive ketones (excluding diaryl/α,β-unsaturated/α-hetero) is 1. The lowest BCUT2D eigenvalue weighted by Gasteiger charge is -2.03. The molecule has 0 aliphatic rings. The molecule has 0 aromatic carbocycles. The smallest absolute Gasteiger partial charge is 0.332 e. The van der Waals surface area contributed by atoms with Crippen LogP contribution in [0.1, 0.15) is 48.0 Å². The molecule has 2 N–H and O–H groups in total. The summed E-state index contributed by atoms with van der Waals surface area (Å²) in [6.45, 7) is 11.6. The van der Waals surface area contributed by atoms with Gasteiger partial charge in [-0.25, -0.2) is 4.79 Å². The van der Waals surface area contributed by atoms with Gasteiger partial charge in [0.2, 0.25) is 0 Å². The van der Waals surface area contributed by atoms with E-state index in [9.17, 15) is 14.4 Å². The fraction of sp³-hybridized carbons (Fsp3) is 0.688. The Balaban J connectivity index is 0. The van der Waals surface area contributed by atoms with Crippen LogP contribution in [0.2, 0.25) is 0 Å². The minimum atomic E-state index is -0.425. The van der Waals surface area contributed by atoms with Gasteiger partial charge in [-0.2, -0.15) is 0 Å². The molecule has 0 unspecified atom stereocenters. The van der Waals surface area contributed by atoms with E-state index in [4.69, 9.17) is 5.73 Å². The number of hydrogen-bond acceptors (Lipinski definition) is 6. The molecular weight excluding hydrogens is 286 g/mol. The van der Waals surface area contributed by atoms with Gasteiger partial charge in [-0.1, -0.05) is 27.7 Å². The number of ketones is 1. The van der Waals surface area contributed by atoms with E-state index in [1.54, 1.807) is 27.7 Å². The third-order valence-corrected chi connectivity index (χ3v) is 2.51. The summed E-state index contributed by atoms with van der Waals surface area (Å²) in [7, 11) is 0. The normalized spacial score (nSPS) is 10.8. The summed E-state index contributed by atoms with van der Waals surface area (Å²) < 4.78 is 9.27. The second-order valence-electron chi connectivity index (χ2n) is 5.15. The maximum Gasteiger partial charge on any atom is 0.332 e. The minimum absolute atomic E-state index is 0.0662. The number of carbonyl (C=O) groups excluding carboxylic acids is 3. The van der Waals surface area contributed by atoms with Crippen molar-refractivity contribution >= 4 is 17.7 Å². The van der Waals surface area contributed by atoms with Crippen molar-refractivity contribution in [1.82, 2.24) is 0 Å². The molecule has 6 heteroatoms. The number of esters is 2. The molecule has 0 heterocycles. The van der Waals surface area contributed by atoms with Crippen LogP contribution in [0.4, 0.5) is 0 Å². The fourth-order valence-corrected chi connectivity index (χ4v) is 1.05. The molecule has 0 aromatic heterocycles. The molecule has 0 saturated heterocycles. The summed E-state index contributed by atoms with van der Waals surface area (Å²) in [5.74, 6) is -0.743. The van der Waals surface area contributed by atoms with Gasteiger partial charge < -0.3 is 15.2 Å². The Hall–Kier alpha value is -1.85. The van der Waals surface area contributed by atoms with Crippen molar-refractivity contribution in [2.75, 3.05) is 13.2 Å². The maximum atomic E-state index is 10.9. The first-order valence-electron chi connectivity index (χ1n) is 7.47. The van der Waals surface area contributed by atoms with E-state index in [0.29, 0.717) is 18.9 Å². The number of allylic oxidation sites excluding steroid dienone is 1. The van der Waals surface area contributed by atoms with Crippen LogP contribution >= 0.6 is 0 Å². The quantitative estimate of drug-likeness (QED) is 0.439. The number of carbonyl (C=O) groups is 3. The lowest BCUT2D eigenvalue weighted by atomic mass is 10.1. The predicted molar refractivity (Wildman–Crippen MR) is 84.8 cm³/mol. The molecular formula is C16H29NO5. The lowest BCUT2D eigenvalue weighted by Crippen LogP contribution is -2.15. The Labute approximate surface area is 133 Å². The zero-order valence-corrected chi connectivity index (χ0v) is 14.5. The number of nitrogens with two attached hydrogens (primary N) is 1. The van der Waals surface area contributed by atoms with Crippen LogP contribution in [0.25, 0.3) is 0 Å². The number of rotatable bonds is 7. The highest BCUT2D eigenvalue weighted by Gasteiger charge is 2.12. The minimum Gasteiger partial charge on any atom is -0.466 e. The molecule has 0 aromatic rings. The fourth-order valence-electron chi connectivity index (χ4n) is 1.05. The SMILES string of the molecule is CCOC(=O)C=C(N)C(C)C.CCOC(=O)CC(=O)C(C)C. The molecule has 0 rings (SSSR count). The molecule has 0 fully saturated rings. The molecule has 128 valence electrons. The van der Waals surface area contributed by atoms with E-state index in [-0.39, 0.29) is 30.0 Å². The summed E-state index contributed by atoms with van der Waals surface area (Å²) in [6.07, 6.45) is 1.24. The predicted octanol–water partition coefficient (Wildman–Crippen LogP) is 2.21. The highest BCUT2D eigenvalue weighted by atomic mass is 16.5. The van der Waals surface area contributed by atoms with Crippen LogP contribution in [0, 0.1) is 11.8 Å². The molecule has 0 radical (unpaired) electrons. The van der Waals surface area contributed by atoms with Crippen molar-refractivity contribution in [2.45, 2.75) is 48.0 Å². The van der Waals surface area contributed by atoms with Gasteiger partial charge in [0.05, 0.1) is 13.2 Å². The summed E-state index contributed by atoms with van der Waals surface area (Å²) >= 11 is 0. The van der Waals surface area contributed by atoms with E-state index in [0.717, 1.165) is 0 Å². The summed E-state index contributed by atoms with van der Waals surface area (Å²) in [6, 6.07) is 0. The van der Waals surface area contributed by atoms with Crippen LogP contribution in [0.5, 0.6) is 0 Å². The van der Waals surface area contributed by atoms with Crippen LogP contribution in [0.3, 0.4) is 0 Å². The van der Waals surface area contributed by atoms with Crippen LogP contribution < -0.4 is 5.73 Å². The largest absolute Gasteiger partial charge is 0.466 e. The molecule has 22 heavy (non-hydrogen) atoms.